The van der Waals surface area contributed by atoms with Crippen molar-refractivity contribution in [2.45, 2.75) is 13.3 Å². The molecule has 0 saturated heterocycles. The second-order valence-electron chi connectivity index (χ2n) is 4.14. The van der Waals surface area contributed by atoms with Crippen LogP contribution in [0.25, 0.3) is 0 Å². The first-order valence-corrected chi connectivity index (χ1v) is 7.65. The first-order valence-electron chi connectivity index (χ1n) is 6.07. The summed E-state index contributed by atoms with van der Waals surface area (Å²) in [5.74, 6) is 0.411. The summed E-state index contributed by atoms with van der Waals surface area (Å²) in [6.45, 7) is 1.92. The summed E-state index contributed by atoms with van der Waals surface area (Å²) in [6.07, 6.45) is 2.22. The van der Waals surface area contributed by atoms with Gasteiger partial charge in [-0.25, -0.2) is 10.4 Å². The van der Waals surface area contributed by atoms with Crippen molar-refractivity contribution in [3.8, 4) is 5.75 Å². The van der Waals surface area contributed by atoms with Gasteiger partial charge in [-0.15, -0.1) is 0 Å². The lowest BCUT2D eigenvalue weighted by Crippen LogP contribution is -2.11. The fraction of sp³-hybridized carbons (Fsp3) is 0.154. The van der Waals surface area contributed by atoms with E-state index in [0.29, 0.717) is 21.1 Å². The van der Waals surface area contributed by atoms with Gasteiger partial charge in [-0.3, -0.25) is 9.78 Å². The van der Waals surface area contributed by atoms with E-state index in [1.807, 2.05) is 6.92 Å². The van der Waals surface area contributed by atoms with Crippen molar-refractivity contribution in [1.82, 2.24) is 9.97 Å². The molecule has 0 bridgehead atoms. The number of aromatic amines is 1. The van der Waals surface area contributed by atoms with Crippen LogP contribution in [0.1, 0.15) is 18.2 Å². The lowest BCUT2D eigenvalue weighted by molar-refractivity contribution is 0.468. The number of benzene rings is 1. The number of anilines is 1. The van der Waals surface area contributed by atoms with Crippen LogP contribution in [0.4, 0.5) is 5.95 Å². The predicted molar refractivity (Wildman–Crippen MR) is 89.0 cm³/mol. The maximum absolute atomic E-state index is 11.4. The zero-order valence-electron chi connectivity index (χ0n) is 11.0. The number of phenolic OH excluding ortho intramolecular Hbond substituents is 1. The van der Waals surface area contributed by atoms with E-state index in [4.69, 9.17) is 0 Å². The van der Waals surface area contributed by atoms with Crippen LogP contribution in [-0.4, -0.2) is 21.3 Å². The Bertz CT molecular complexity index is 720. The van der Waals surface area contributed by atoms with Gasteiger partial charge in [-0.2, -0.15) is 5.10 Å². The zero-order chi connectivity index (χ0) is 15.4. The monoisotopic (exact) mass is 414 g/mol. The number of aromatic nitrogens is 2. The minimum atomic E-state index is -0.227. The van der Waals surface area contributed by atoms with Gasteiger partial charge in [0.1, 0.15) is 5.75 Å². The molecule has 2 rings (SSSR count). The lowest BCUT2D eigenvalue weighted by Gasteiger charge is -2.03. The van der Waals surface area contributed by atoms with E-state index >= 15 is 0 Å². The number of nitrogens with one attached hydrogen (secondary N) is 2. The number of aromatic hydroxyl groups is 1. The topological polar surface area (TPSA) is 90.4 Å². The van der Waals surface area contributed by atoms with E-state index in [1.54, 1.807) is 18.3 Å². The van der Waals surface area contributed by atoms with E-state index in [-0.39, 0.29) is 17.3 Å². The molecule has 0 unspecified atom stereocenters. The normalized spacial score (nSPS) is 11.0. The van der Waals surface area contributed by atoms with Crippen LogP contribution in [0.5, 0.6) is 5.75 Å². The molecule has 8 heteroatoms. The third-order valence-corrected chi connectivity index (χ3v) is 3.79. The smallest absolute Gasteiger partial charge is 0.252 e. The molecular weight excluding hydrogens is 404 g/mol. The molecule has 6 nitrogen and oxygen atoms in total. The Labute approximate surface area is 137 Å². The fourth-order valence-corrected chi connectivity index (χ4v) is 2.79. The highest BCUT2D eigenvalue weighted by atomic mass is 79.9. The Morgan fingerprint density at radius 3 is 2.67 bits per heavy atom. The standard InChI is InChI=1S/C13H12Br2N4O2/c1-2-8-5-11(20)18-13(17-8)19-16-6-7-3-9(14)12(21)10(15)4-7/h3-6,21H,2H2,1H3,(H2,17,18,19,20)/b16-6-. The third kappa shape index (κ3) is 4.15. The molecular formula is C13H12Br2N4O2. The number of phenols is 1. The molecule has 0 saturated carbocycles. The van der Waals surface area contributed by atoms with Gasteiger partial charge < -0.3 is 5.11 Å². The van der Waals surface area contributed by atoms with Gasteiger partial charge in [-0.05, 0) is 56.0 Å². The molecule has 0 amide bonds. The van der Waals surface area contributed by atoms with E-state index in [9.17, 15) is 9.90 Å². The summed E-state index contributed by atoms with van der Waals surface area (Å²) in [5, 5.41) is 13.6. The Hall–Kier alpha value is -1.67. The number of rotatable bonds is 4. The molecule has 110 valence electrons. The summed E-state index contributed by atoms with van der Waals surface area (Å²) in [6, 6.07) is 4.87. The average Bonchev–Trinajstić information content (AvgIpc) is 2.44. The average molecular weight is 416 g/mol. The Morgan fingerprint density at radius 2 is 2.05 bits per heavy atom. The maximum atomic E-state index is 11.4. The molecule has 0 aliphatic carbocycles. The summed E-state index contributed by atoms with van der Waals surface area (Å²) < 4.78 is 1.11. The van der Waals surface area contributed by atoms with Gasteiger partial charge in [0.15, 0.2) is 0 Å². The highest BCUT2D eigenvalue weighted by Crippen LogP contribution is 2.32. The molecule has 0 radical (unpaired) electrons. The Kier molecular flexibility index (Phi) is 5.13. The largest absolute Gasteiger partial charge is 0.506 e. The second kappa shape index (κ2) is 6.86. The number of nitrogens with zero attached hydrogens (tertiary/aromatic N) is 2. The van der Waals surface area contributed by atoms with Crippen molar-refractivity contribution in [3.63, 3.8) is 0 Å². The van der Waals surface area contributed by atoms with Crippen LogP contribution in [0.2, 0.25) is 0 Å². The molecule has 21 heavy (non-hydrogen) atoms. The van der Waals surface area contributed by atoms with E-state index in [2.05, 4.69) is 52.4 Å². The number of hydrogen-bond acceptors (Lipinski definition) is 5. The van der Waals surface area contributed by atoms with Crippen molar-refractivity contribution < 1.29 is 5.11 Å². The van der Waals surface area contributed by atoms with Crippen molar-refractivity contribution in [1.29, 1.82) is 0 Å². The predicted octanol–water partition coefficient (Wildman–Crippen LogP) is 3.01. The molecule has 0 spiro atoms. The first-order chi connectivity index (χ1) is 9.99. The molecule has 0 aliphatic rings. The molecule has 2 aromatic rings. The summed E-state index contributed by atoms with van der Waals surface area (Å²) >= 11 is 6.48. The van der Waals surface area contributed by atoms with Crippen LogP contribution in [0.15, 0.2) is 37.0 Å². The van der Waals surface area contributed by atoms with Gasteiger partial charge in [0.2, 0.25) is 5.95 Å². The molecule has 0 atom stereocenters. The minimum Gasteiger partial charge on any atom is -0.506 e. The SMILES string of the molecule is CCc1cc(=O)[nH]c(N/N=C\c2cc(Br)c(O)c(Br)c2)n1. The van der Waals surface area contributed by atoms with Gasteiger partial charge in [0.25, 0.3) is 5.56 Å². The number of aryl methyl sites for hydroxylation is 1. The van der Waals surface area contributed by atoms with Crippen molar-refractivity contribution in [2.75, 3.05) is 5.43 Å². The minimum absolute atomic E-state index is 0.127. The Morgan fingerprint density at radius 1 is 1.38 bits per heavy atom. The molecule has 1 aromatic heterocycles. The van der Waals surface area contributed by atoms with Crippen LogP contribution in [-0.2, 0) is 6.42 Å². The van der Waals surface area contributed by atoms with E-state index in [0.717, 1.165) is 5.56 Å². The van der Waals surface area contributed by atoms with Gasteiger partial charge in [-0.1, -0.05) is 6.92 Å². The van der Waals surface area contributed by atoms with Gasteiger partial charge in [0, 0.05) is 11.8 Å². The molecule has 0 fully saturated rings. The molecule has 0 aliphatic heterocycles. The van der Waals surface area contributed by atoms with Crippen LogP contribution in [0, 0.1) is 0 Å². The molecule has 3 N–H and O–H groups in total. The van der Waals surface area contributed by atoms with E-state index < -0.39 is 0 Å². The Balaban J connectivity index is 2.16. The van der Waals surface area contributed by atoms with Gasteiger partial charge >= 0.3 is 0 Å². The molecule has 1 aromatic carbocycles. The van der Waals surface area contributed by atoms with E-state index in [1.165, 1.54) is 6.07 Å². The third-order valence-electron chi connectivity index (χ3n) is 2.58. The number of H-pyrrole nitrogens is 1. The van der Waals surface area contributed by atoms with Crippen molar-refractivity contribution in [2.24, 2.45) is 5.10 Å². The quantitative estimate of drug-likeness (QED) is 0.528. The van der Waals surface area contributed by atoms with Crippen molar-refractivity contribution >= 4 is 44.0 Å². The van der Waals surface area contributed by atoms with Crippen molar-refractivity contribution in [3.05, 3.63) is 48.8 Å². The van der Waals surface area contributed by atoms with Crippen LogP contribution in [0.3, 0.4) is 0 Å². The van der Waals surface area contributed by atoms with Crippen LogP contribution < -0.4 is 11.0 Å². The van der Waals surface area contributed by atoms with Gasteiger partial charge in [0.05, 0.1) is 15.2 Å². The highest BCUT2D eigenvalue weighted by Gasteiger charge is 2.04. The van der Waals surface area contributed by atoms with Crippen LogP contribution >= 0.6 is 31.9 Å². The first kappa shape index (κ1) is 15.7. The number of hydrazone groups is 1. The number of hydrogen-bond donors (Lipinski definition) is 3. The lowest BCUT2D eigenvalue weighted by atomic mass is 10.2. The second-order valence-corrected chi connectivity index (χ2v) is 5.85. The summed E-state index contributed by atoms with van der Waals surface area (Å²) in [4.78, 5) is 18.1. The number of halogens is 2. The fourth-order valence-electron chi connectivity index (χ4n) is 1.57. The summed E-state index contributed by atoms with van der Waals surface area (Å²) in [7, 11) is 0. The highest BCUT2D eigenvalue weighted by molar-refractivity contribution is 9.11. The zero-order valence-corrected chi connectivity index (χ0v) is 14.2. The summed E-state index contributed by atoms with van der Waals surface area (Å²) in [5.41, 5.74) is 3.89. The maximum Gasteiger partial charge on any atom is 0.252 e. The molecule has 1 heterocycles.